The number of nitrogens with one attached hydrogen (secondary N) is 1. The third-order valence-electron chi connectivity index (χ3n) is 5.51. The average molecular weight is 414 g/mol. The van der Waals surface area contributed by atoms with Gasteiger partial charge in [-0.3, -0.25) is 4.79 Å². The second-order valence-corrected chi connectivity index (χ2v) is 8.60. The Morgan fingerprint density at radius 1 is 1.23 bits per heavy atom. The van der Waals surface area contributed by atoms with Gasteiger partial charge in [0.15, 0.2) is 5.75 Å². The maximum absolute atomic E-state index is 13.3. The molecule has 1 atom stereocenters. The summed E-state index contributed by atoms with van der Waals surface area (Å²) in [6.45, 7) is 5.93. The lowest BCUT2D eigenvalue weighted by atomic mass is 9.84. The fourth-order valence-electron chi connectivity index (χ4n) is 4.15. The first-order valence-corrected chi connectivity index (χ1v) is 10.3. The quantitative estimate of drug-likeness (QED) is 0.484. The number of thiophene rings is 1. The van der Waals surface area contributed by atoms with Gasteiger partial charge in [0.05, 0.1) is 21.7 Å². The number of allylic oxidation sites excluding steroid dienone is 1. The molecule has 30 heavy (non-hydrogen) atoms. The predicted octanol–water partition coefficient (Wildman–Crippen LogP) is 4.28. The standard InChI is InChI=1S/C23H18N4O2S/c1-10-4-6-13(7-5-10)16-14(9-24)21(25)29-19-17(16)22(28)27-18-15-11(2)8-12(3)26-23(15)30-20(18)19/h4-8,16H,25H2,1-3H3,(H,27,28). The normalized spacial score (nSPS) is 15.9. The van der Waals surface area contributed by atoms with Crippen molar-refractivity contribution in [2.45, 2.75) is 26.7 Å². The van der Waals surface area contributed by atoms with Crippen LogP contribution in [0.3, 0.4) is 0 Å². The number of aryl methyl sites for hydroxylation is 3. The maximum atomic E-state index is 13.3. The molecular weight excluding hydrogens is 396 g/mol. The number of hydrogen-bond acceptors (Lipinski definition) is 6. The number of benzene rings is 1. The highest BCUT2D eigenvalue weighted by molar-refractivity contribution is 7.25. The van der Waals surface area contributed by atoms with E-state index in [4.69, 9.17) is 10.5 Å². The molecule has 0 saturated carbocycles. The smallest absolute Gasteiger partial charge is 0.256 e. The minimum absolute atomic E-state index is 0.0285. The van der Waals surface area contributed by atoms with Gasteiger partial charge in [-0.05, 0) is 38.0 Å². The molecule has 7 heteroatoms. The first-order chi connectivity index (χ1) is 14.4. The van der Waals surface area contributed by atoms with Crippen molar-refractivity contribution in [2.24, 2.45) is 5.73 Å². The van der Waals surface area contributed by atoms with Crippen molar-refractivity contribution in [1.29, 1.82) is 5.26 Å². The van der Waals surface area contributed by atoms with Crippen LogP contribution in [0.25, 0.3) is 20.4 Å². The van der Waals surface area contributed by atoms with Gasteiger partial charge in [0.1, 0.15) is 16.5 Å². The van der Waals surface area contributed by atoms with Crippen molar-refractivity contribution in [3.05, 3.63) is 80.1 Å². The zero-order chi connectivity index (χ0) is 21.2. The molecule has 4 heterocycles. The minimum atomic E-state index is -0.589. The summed E-state index contributed by atoms with van der Waals surface area (Å²) >= 11 is 1.46. The van der Waals surface area contributed by atoms with E-state index < -0.39 is 5.92 Å². The van der Waals surface area contributed by atoms with E-state index in [-0.39, 0.29) is 17.0 Å². The molecule has 0 aliphatic carbocycles. The highest BCUT2D eigenvalue weighted by Crippen LogP contribution is 2.46. The Balaban J connectivity index is 1.89. The lowest BCUT2D eigenvalue weighted by Crippen LogP contribution is -2.27. The molecule has 0 fully saturated rings. The van der Waals surface area contributed by atoms with E-state index in [0.717, 1.165) is 37.3 Å². The summed E-state index contributed by atoms with van der Waals surface area (Å²) in [6.07, 6.45) is 0. The van der Waals surface area contributed by atoms with Crippen LogP contribution in [0, 0.1) is 32.1 Å². The maximum Gasteiger partial charge on any atom is 0.256 e. The Kier molecular flexibility index (Phi) is 3.95. The summed E-state index contributed by atoms with van der Waals surface area (Å²) in [6, 6.07) is 11.9. The Hall–Kier alpha value is -3.63. The van der Waals surface area contributed by atoms with Crippen molar-refractivity contribution in [2.75, 3.05) is 0 Å². The number of ether oxygens (including phenoxy) is 1. The van der Waals surface area contributed by atoms with Gasteiger partial charge in [0, 0.05) is 11.1 Å². The molecule has 4 aromatic rings. The summed E-state index contributed by atoms with van der Waals surface area (Å²) in [4.78, 5) is 21.8. The van der Waals surface area contributed by atoms with Gasteiger partial charge in [0.25, 0.3) is 5.56 Å². The molecule has 1 unspecified atom stereocenters. The number of nitrogens with zero attached hydrogens (tertiary/aromatic N) is 2. The van der Waals surface area contributed by atoms with E-state index >= 15 is 0 Å². The summed E-state index contributed by atoms with van der Waals surface area (Å²) in [5.41, 5.74) is 11.1. The fraction of sp³-hybridized carbons (Fsp3) is 0.174. The minimum Gasteiger partial charge on any atom is -0.438 e. The number of pyridine rings is 2. The molecule has 148 valence electrons. The number of nitrogens with two attached hydrogens (primary N) is 1. The summed E-state index contributed by atoms with van der Waals surface area (Å²) in [7, 11) is 0. The second kappa shape index (κ2) is 6.44. The monoisotopic (exact) mass is 414 g/mol. The molecule has 5 rings (SSSR count). The van der Waals surface area contributed by atoms with Crippen LogP contribution in [-0.2, 0) is 0 Å². The zero-order valence-corrected chi connectivity index (χ0v) is 17.5. The van der Waals surface area contributed by atoms with Gasteiger partial charge in [-0.1, -0.05) is 29.8 Å². The van der Waals surface area contributed by atoms with Gasteiger partial charge in [0.2, 0.25) is 5.88 Å². The largest absolute Gasteiger partial charge is 0.438 e. The van der Waals surface area contributed by atoms with Crippen LogP contribution >= 0.6 is 11.3 Å². The van der Waals surface area contributed by atoms with Crippen LogP contribution in [0.4, 0.5) is 0 Å². The SMILES string of the molecule is Cc1ccc(C2C(C#N)=C(N)Oc3c2c(=O)[nH]c2c3sc3nc(C)cc(C)c32)cc1. The number of aromatic nitrogens is 2. The van der Waals surface area contributed by atoms with Crippen LogP contribution in [0.15, 0.2) is 46.6 Å². The van der Waals surface area contributed by atoms with Crippen molar-refractivity contribution in [3.63, 3.8) is 0 Å². The first-order valence-electron chi connectivity index (χ1n) is 9.49. The van der Waals surface area contributed by atoms with Crippen LogP contribution in [0.1, 0.15) is 33.9 Å². The van der Waals surface area contributed by atoms with Crippen molar-refractivity contribution >= 4 is 31.8 Å². The van der Waals surface area contributed by atoms with E-state index in [2.05, 4.69) is 16.0 Å². The lowest BCUT2D eigenvalue weighted by molar-refractivity contribution is 0.397. The van der Waals surface area contributed by atoms with Crippen LogP contribution in [0.5, 0.6) is 5.75 Å². The molecule has 0 saturated heterocycles. The Morgan fingerprint density at radius 2 is 1.97 bits per heavy atom. The molecule has 3 N–H and O–H groups in total. The molecule has 1 aliphatic rings. The first kappa shape index (κ1) is 18.4. The van der Waals surface area contributed by atoms with Gasteiger partial charge < -0.3 is 15.5 Å². The predicted molar refractivity (Wildman–Crippen MR) is 118 cm³/mol. The molecule has 3 aromatic heterocycles. The van der Waals surface area contributed by atoms with E-state index in [0.29, 0.717) is 16.8 Å². The fourth-order valence-corrected chi connectivity index (χ4v) is 5.40. The number of nitriles is 1. The van der Waals surface area contributed by atoms with Crippen LogP contribution < -0.4 is 16.0 Å². The molecule has 1 aliphatic heterocycles. The highest BCUT2D eigenvalue weighted by Gasteiger charge is 2.35. The third-order valence-corrected chi connectivity index (χ3v) is 6.59. The second-order valence-electron chi connectivity index (χ2n) is 7.60. The van der Waals surface area contributed by atoms with Crippen LogP contribution in [0.2, 0.25) is 0 Å². The van der Waals surface area contributed by atoms with E-state index in [1.165, 1.54) is 11.3 Å². The van der Waals surface area contributed by atoms with Gasteiger partial charge >= 0.3 is 0 Å². The van der Waals surface area contributed by atoms with E-state index in [1.54, 1.807) is 0 Å². The van der Waals surface area contributed by atoms with E-state index in [1.807, 2.05) is 51.1 Å². The lowest BCUT2D eigenvalue weighted by Gasteiger charge is -2.26. The number of hydrogen-bond donors (Lipinski definition) is 2. The number of aromatic amines is 1. The molecule has 0 bridgehead atoms. The van der Waals surface area contributed by atoms with Crippen molar-refractivity contribution in [3.8, 4) is 11.8 Å². The summed E-state index contributed by atoms with van der Waals surface area (Å²) in [5.74, 6) is -0.148. The topological polar surface area (TPSA) is 105 Å². The molecule has 6 nitrogen and oxygen atoms in total. The van der Waals surface area contributed by atoms with Crippen molar-refractivity contribution in [1.82, 2.24) is 9.97 Å². The number of H-pyrrole nitrogens is 1. The van der Waals surface area contributed by atoms with Gasteiger partial charge in [-0.15, -0.1) is 11.3 Å². The Bertz CT molecular complexity index is 1490. The summed E-state index contributed by atoms with van der Waals surface area (Å²) in [5, 5.41) is 10.7. The third kappa shape index (κ3) is 2.54. The van der Waals surface area contributed by atoms with Gasteiger partial charge in [-0.2, -0.15) is 5.26 Å². The van der Waals surface area contributed by atoms with Gasteiger partial charge in [-0.25, -0.2) is 4.98 Å². The molecule has 1 aromatic carbocycles. The van der Waals surface area contributed by atoms with E-state index in [9.17, 15) is 10.1 Å². The number of rotatable bonds is 1. The molecule has 0 spiro atoms. The average Bonchev–Trinajstić information content (AvgIpc) is 3.06. The van der Waals surface area contributed by atoms with Crippen molar-refractivity contribution < 1.29 is 4.74 Å². The highest BCUT2D eigenvalue weighted by atomic mass is 32.1. The molecule has 0 radical (unpaired) electrons. The Labute approximate surface area is 176 Å². The molecular formula is C23H18N4O2S. The molecule has 0 amide bonds. The zero-order valence-electron chi connectivity index (χ0n) is 16.7. The Morgan fingerprint density at radius 3 is 2.67 bits per heavy atom. The summed E-state index contributed by atoms with van der Waals surface area (Å²) < 4.78 is 6.68. The van der Waals surface area contributed by atoms with Crippen LogP contribution in [-0.4, -0.2) is 9.97 Å². The number of fused-ring (bicyclic) bond motifs is 5.